The minimum Gasteiger partial charge on any atom is -0.330 e. The SMILES string of the molecule is CCCN1CCc2c(nc(CCN)[nH]c2=O)C1. The van der Waals surface area contributed by atoms with Gasteiger partial charge in [-0.3, -0.25) is 9.69 Å². The van der Waals surface area contributed by atoms with Crippen molar-refractivity contribution in [3.63, 3.8) is 0 Å². The average molecular weight is 236 g/mol. The number of H-pyrrole nitrogens is 1. The molecule has 0 atom stereocenters. The number of fused-ring (bicyclic) bond motifs is 1. The van der Waals surface area contributed by atoms with Gasteiger partial charge in [0.25, 0.3) is 5.56 Å². The maximum absolute atomic E-state index is 11.9. The van der Waals surface area contributed by atoms with Crippen molar-refractivity contribution in [2.24, 2.45) is 5.73 Å². The van der Waals surface area contributed by atoms with Crippen LogP contribution in [0.15, 0.2) is 4.79 Å². The highest BCUT2D eigenvalue weighted by Crippen LogP contribution is 2.13. The molecule has 17 heavy (non-hydrogen) atoms. The lowest BCUT2D eigenvalue weighted by Crippen LogP contribution is -2.36. The smallest absolute Gasteiger partial charge is 0.254 e. The molecule has 1 aliphatic rings. The van der Waals surface area contributed by atoms with Gasteiger partial charge in [0.05, 0.1) is 5.69 Å². The number of nitrogens with one attached hydrogen (secondary N) is 1. The third-order valence-electron chi connectivity index (χ3n) is 3.12. The molecule has 5 heteroatoms. The number of rotatable bonds is 4. The van der Waals surface area contributed by atoms with Crippen LogP contribution in [0.2, 0.25) is 0 Å². The predicted molar refractivity (Wildman–Crippen MR) is 66.9 cm³/mol. The minimum atomic E-state index is 0.0228. The van der Waals surface area contributed by atoms with E-state index in [-0.39, 0.29) is 5.56 Å². The van der Waals surface area contributed by atoms with Crippen LogP contribution in [0.3, 0.4) is 0 Å². The van der Waals surface area contributed by atoms with Crippen molar-refractivity contribution in [3.05, 3.63) is 27.4 Å². The zero-order valence-corrected chi connectivity index (χ0v) is 10.3. The van der Waals surface area contributed by atoms with Gasteiger partial charge in [-0.2, -0.15) is 0 Å². The topological polar surface area (TPSA) is 75.0 Å². The highest BCUT2D eigenvalue weighted by molar-refractivity contribution is 5.21. The Morgan fingerprint density at radius 2 is 2.35 bits per heavy atom. The van der Waals surface area contributed by atoms with Crippen LogP contribution >= 0.6 is 0 Å². The van der Waals surface area contributed by atoms with Crippen molar-refractivity contribution in [2.45, 2.75) is 32.7 Å². The molecule has 0 aromatic carbocycles. The Labute approximate surface area is 101 Å². The Morgan fingerprint density at radius 1 is 1.53 bits per heavy atom. The van der Waals surface area contributed by atoms with Crippen LogP contribution in [-0.2, 0) is 19.4 Å². The van der Waals surface area contributed by atoms with E-state index in [0.29, 0.717) is 13.0 Å². The van der Waals surface area contributed by atoms with Gasteiger partial charge in [-0.25, -0.2) is 4.98 Å². The van der Waals surface area contributed by atoms with Crippen LogP contribution < -0.4 is 11.3 Å². The summed E-state index contributed by atoms with van der Waals surface area (Å²) in [5, 5.41) is 0. The Hall–Kier alpha value is -1.20. The summed E-state index contributed by atoms with van der Waals surface area (Å²) in [6.45, 7) is 5.51. The van der Waals surface area contributed by atoms with Crippen molar-refractivity contribution in [3.8, 4) is 0 Å². The van der Waals surface area contributed by atoms with Gasteiger partial charge in [0.15, 0.2) is 0 Å². The van der Waals surface area contributed by atoms with Crippen molar-refractivity contribution < 1.29 is 0 Å². The molecule has 94 valence electrons. The first-order valence-corrected chi connectivity index (χ1v) is 6.28. The summed E-state index contributed by atoms with van der Waals surface area (Å²) in [5.74, 6) is 0.717. The Bertz CT molecular complexity index is 441. The number of aromatic amines is 1. The van der Waals surface area contributed by atoms with E-state index in [0.717, 1.165) is 49.6 Å². The zero-order chi connectivity index (χ0) is 12.3. The Kier molecular flexibility index (Phi) is 3.91. The van der Waals surface area contributed by atoms with Crippen LogP contribution in [0.1, 0.15) is 30.4 Å². The zero-order valence-electron chi connectivity index (χ0n) is 10.3. The molecule has 1 aromatic rings. The first kappa shape index (κ1) is 12.3. The highest BCUT2D eigenvalue weighted by Gasteiger charge is 2.20. The van der Waals surface area contributed by atoms with E-state index in [1.807, 2.05) is 0 Å². The van der Waals surface area contributed by atoms with Crippen LogP contribution in [0.4, 0.5) is 0 Å². The highest BCUT2D eigenvalue weighted by atomic mass is 16.1. The second-order valence-corrected chi connectivity index (χ2v) is 4.50. The predicted octanol–water partition coefficient (Wildman–Crippen LogP) is 0.0392. The molecular weight excluding hydrogens is 216 g/mol. The molecule has 0 aliphatic carbocycles. The van der Waals surface area contributed by atoms with E-state index in [2.05, 4.69) is 21.8 Å². The van der Waals surface area contributed by atoms with Gasteiger partial charge in [-0.05, 0) is 25.9 Å². The van der Waals surface area contributed by atoms with Crippen LogP contribution in [-0.4, -0.2) is 34.5 Å². The normalized spacial score (nSPS) is 15.9. The fourth-order valence-corrected chi connectivity index (χ4v) is 2.31. The molecule has 3 N–H and O–H groups in total. The molecule has 2 heterocycles. The van der Waals surface area contributed by atoms with Gasteiger partial charge in [0, 0.05) is 25.1 Å². The van der Waals surface area contributed by atoms with E-state index < -0.39 is 0 Å². The standard InChI is InChI=1S/C12H20N4O/c1-2-6-16-7-4-9-10(8-16)14-11(3-5-13)15-12(9)17/h2-8,13H2,1H3,(H,14,15,17). The van der Waals surface area contributed by atoms with Crippen LogP contribution in [0.5, 0.6) is 0 Å². The monoisotopic (exact) mass is 236 g/mol. The molecule has 0 bridgehead atoms. The summed E-state index contributed by atoms with van der Waals surface area (Å²) in [7, 11) is 0. The molecule has 0 spiro atoms. The second kappa shape index (κ2) is 5.42. The van der Waals surface area contributed by atoms with Crippen molar-refractivity contribution in [1.82, 2.24) is 14.9 Å². The molecule has 1 aromatic heterocycles. The molecule has 0 saturated heterocycles. The fraction of sp³-hybridized carbons (Fsp3) is 0.667. The lowest BCUT2D eigenvalue weighted by molar-refractivity contribution is 0.249. The molecule has 5 nitrogen and oxygen atoms in total. The molecule has 0 amide bonds. The Balaban J connectivity index is 2.25. The summed E-state index contributed by atoms with van der Waals surface area (Å²) >= 11 is 0. The maximum Gasteiger partial charge on any atom is 0.254 e. The summed E-state index contributed by atoms with van der Waals surface area (Å²) in [6.07, 6.45) is 2.57. The number of nitrogens with zero attached hydrogens (tertiary/aromatic N) is 2. The molecule has 0 unspecified atom stereocenters. The number of nitrogens with two attached hydrogens (primary N) is 1. The van der Waals surface area contributed by atoms with E-state index in [4.69, 9.17) is 5.73 Å². The van der Waals surface area contributed by atoms with Gasteiger partial charge < -0.3 is 10.7 Å². The van der Waals surface area contributed by atoms with Crippen molar-refractivity contribution in [2.75, 3.05) is 19.6 Å². The summed E-state index contributed by atoms with van der Waals surface area (Å²) in [6, 6.07) is 0. The van der Waals surface area contributed by atoms with Gasteiger partial charge >= 0.3 is 0 Å². The van der Waals surface area contributed by atoms with Crippen molar-refractivity contribution in [1.29, 1.82) is 0 Å². The van der Waals surface area contributed by atoms with Gasteiger partial charge in [-0.15, -0.1) is 0 Å². The van der Waals surface area contributed by atoms with Gasteiger partial charge in [0.2, 0.25) is 0 Å². The molecule has 1 aliphatic heterocycles. The van der Waals surface area contributed by atoms with Gasteiger partial charge in [0.1, 0.15) is 5.82 Å². The lowest BCUT2D eigenvalue weighted by Gasteiger charge is -2.27. The van der Waals surface area contributed by atoms with Crippen LogP contribution in [0.25, 0.3) is 0 Å². The number of hydrogen-bond acceptors (Lipinski definition) is 4. The Morgan fingerprint density at radius 3 is 3.06 bits per heavy atom. The minimum absolute atomic E-state index is 0.0228. The molecule has 0 radical (unpaired) electrons. The second-order valence-electron chi connectivity index (χ2n) is 4.50. The maximum atomic E-state index is 11.9. The summed E-state index contributed by atoms with van der Waals surface area (Å²) < 4.78 is 0. The van der Waals surface area contributed by atoms with E-state index in [1.54, 1.807) is 0 Å². The largest absolute Gasteiger partial charge is 0.330 e. The molecular formula is C12H20N4O. The van der Waals surface area contributed by atoms with Crippen molar-refractivity contribution >= 4 is 0 Å². The lowest BCUT2D eigenvalue weighted by atomic mass is 10.1. The molecule has 2 rings (SSSR count). The van der Waals surface area contributed by atoms with Crippen LogP contribution in [0, 0.1) is 0 Å². The molecule has 0 fully saturated rings. The summed E-state index contributed by atoms with van der Waals surface area (Å²) in [4.78, 5) is 21.6. The number of aromatic nitrogens is 2. The third kappa shape index (κ3) is 2.73. The first-order chi connectivity index (χ1) is 8.24. The number of hydrogen-bond donors (Lipinski definition) is 2. The molecule has 0 saturated carbocycles. The third-order valence-corrected chi connectivity index (χ3v) is 3.12. The van der Waals surface area contributed by atoms with E-state index in [9.17, 15) is 4.79 Å². The van der Waals surface area contributed by atoms with E-state index >= 15 is 0 Å². The summed E-state index contributed by atoms with van der Waals surface area (Å²) in [5.41, 5.74) is 7.31. The first-order valence-electron chi connectivity index (χ1n) is 6.28. The van der Waals surface area contributed by atoms with Gasteiger partial charge in [-0.1, -0.05) is 6.92 Å². The van der Waals surface area contributed by atoms with E-state index in [1.165, 1.54) is 0 Å². The average Bonchev–Trinajstić information content (AvgIpc) is 2.29. The fourth-order valence-electron chi connectivity index (χ4n) is 2.31. The quantitative estimate of drug-likeness (QED) is 0.774.